The molecule has 0 aliphatic carbocycles. The first-order valence-corrected chi connectivity index (χ1v) is 8.80. The van der Waals surface area contributed by atoms with Gasteiger partial charge in [-0.05, 0) is 42.5 Å². The molecule has 0 spiro atoms. The Morgan fingerprint density at radius 2 is 1.86 bits per heavy atom. The van der Waals surface area contributed by atoms with Gasteiger partial charge in [-0.3, -0.25) is 20.2 Å². The van der Waals surface area contributed by atoms with Crippen LogP contribution in [0.1, 0.15) is 11.1 Å². The summed E-state index contributed by atoms with van der Waals surface area (Å²) >= 11 is 1.28. The molecule has 0 aromatic heterocycles. The van der Waals surface area contributed by atoms with Crippen molar-refractivity contribution in [2.24, 2.45) is 4.99 Å². The molecular weight excluding hydrogens is 402 g/mol. The van der Waals surface area contributed by atoms with Crippen LogP contribution >= 0.6 is 11.8 Å². The molecule has 3 N–H and O–H groups in total. The van der Waals surface area contributed by atoms with Gasteiger partial charge in [0.15, 0.2) is 0 Å². The number of aliphatic imine (C=N–C) groups is 1. The van der Waals surface area contributed by atoms with Crippen molar-refractivity contribution in [2.45, 2.75) is 12.2 Å². The SMILES string of the molecule is O=C(Nc1ccc(N(O)O)c(C(F)(F)F)c1)C1CSC(c2ccc(F)cc2)=N1. The van der Waals surface area contributed by atoms with Gasteiger partial charge in [-0.15, -0.1) is 17.0 Å². The molecule has 6 nitrogen and oxygen atoms in total. The minimum atomic E-state index is -4.86. The highest BCUT2D eigenvalue weighted by Gasteiger charge is 2.35. The molecule has 1 heterocycles. The number of nitrogens with zero attached hydrogens (tertiary/aromatic N) is 2. The van der Waals surface area contributed by atoms with E-state index in [9.17, 15) is 22.4 Å². The van der Waals surface area contributed by atoms with Gasteiger partial charge in [-0.2, -0.15) is 13.2 Å². The van der Waals surface area contributed by atoms with Crippen LogP contribution in [0, 0.1) is 5.82 Å². The summed E-state index contributed by atoms with van der Waals surface area (Å²) in [4.78, 5) is 16.6. The van der Waals surface area contributed by atoms with Gasteiger partial charge in [-0.1, -0.05) is 0 Å². The van der Waals surface area contributed by atoms with E-state index in [0.717, 1.165) is 12.1 Å². The maximum Gasteiger partial charge on any atom is 0.418 e. The molecular formula is C17H13F4N3O3S. The molecule has 11 heteroatoms. The second kappa shape index (κ2) is 7.78. The summed E-state index contributed by atoms with van der Waals surface area (Å²) in [6.07, 6.45) is -4.86. The van der Waals surface area contributed by atoms with Crippen molar-refractivity contribution in [1.82, 2.24) is 0 Å². The zero-order valence-corrected chi connectivity index (χ0v) is 14.8. The van der Waals surface area contributed by atoms with Crippen LogP contribution in [0.3, 0.4) is 0 Å². The number of hydrogen-bond acceptors (Lipinski definition) is 6. The van der Waals surface area contributed by atoms with Crippen LogP contribution in [0.4, 0.5) is 28.9 Å². The second-order valence-electron chi connectivity index (χ2n) is 5.78. The number of anilines is 2. The van der Waals surface area contributed by atoms with Gasteiger partial charge in [-0.25, -0.2) is 4.39 Å². The minimum absolute atomic E-state index is 0.168. The highest BCUT2D eigenvalue weighted by molar-refractivity contribution is 8.14. The predicted octanol–water partition coefficient (Wildman–Crippen LogP) is 3.93. The molecule has 0 bridgehead atoms. The summed E-state index contributed by atoms with van der Waals surface area (Å²) in [6, 6.07) is 7.25. The van der Waals surface area contributed by atoms with Gasteiger partial charge in [0.25, 0.3) is 0 Å². The highest BCUT2D eigenvalue weighted by atomic mass is 32.2. The molecule has 1 aliphatic rings. The second-order valence-corrected chi connectivity index (χ2v) is 6.79. The molecule has 0 saturated carbocycles. The Balaban J connectivity index is 1.77. The fourth-order valence-corrected chi connectivity index (χ4v) is 3.55. The van der Waals surface area contributed by atoms with Crippen LogP contribution in [0.2, 0.25) is 0 Å². The number of thioether (sulfide) groups is 1. The van der Waals surface area contributed by atoms with E-state index in [-0.39, 0.29) is 11.4 Å². The number of rotatable bonds is 4. The van der Waals surface area contributed by atoms with Crippen molar-refractivity contribution >= 4 is 34.1 Å². The van der Waals surface area contributed by atoms with E-state index >= 15 is 0 Å². The average molecular weight is 415 g/mol. The first-order chi connectivity index (χ1) is 13.1. The van der Waals surface area contributed by atoms with E-state index in [2.05, 4.69) is 10.3 Å². The Morgan fingerprint density at radius 1 is 1.18 bits per heavy atom. The number of halogens is 4. The van der Waals surface area contributed by atoms with Gasteiger partial charge < -0.3 is 5.32 Å². The molecule has 148 valence electrons. The largest absolute Gasteiger partial charge is 0.418 e. The van der Waals surface area contributed by atoms with Crippen LogP contribution in [-0.4, -0.2) is 33.2 Å². The van der Waals surface area contributed by atoms with Crippen molar-refractivity contribution in [3.8, 4) is 0 Å². The topological polar surface area (TPSA) is 85.2 Å². The Hall–Kier alpha value is -2.63. The van der Waals surface area contributed by atoms with Crippen molar-refractivity contribution < 1.29 is 32.8 Å². The van der Waals surface area contributed by atoms with Gasteiger partial charge in [0.05, 0.1) is 10.6 Å². The number of carbonyl (C=O) groups excluding carboxylic acids is 1. The summed E-state index contributed by atoms with van der Waals surface area (Å²) < 4.78 is 52.2. The van der Waals surface area contributed by atoms with Crippen molar-refractivity contribution in [2.75, 3.05) is 16.3 Å². The van der Waals surface area contributed by atoms with Gasteiger partial charge in [0.2, 0.25) is 5.91 Å². The predicted molar refractivity (Wildman–Crippen MR) is 95.3 cm³/mol. The Labute approximate surface area is 160 Å². The van der Waals surface area contributed by atoms with E-state index in [1.165, 1.54) is 36.0 Å². The van der Waals surface area contributed by atoms with Crippen LogP contribution in [0.25, 0.3) is 0 Å². The zero-order valence-electron chi connectivity index (χ0n) is 13.9. The quantitative estimate of drug-likeness (QED) is 0.521. The number of hydrogen-bond donors (Lipinski definition) is 3. The molecule has 0 radical (unpaired) electrons. The lowest BCUT2D eigenvalue weighted by atomic mass is 10.1. The molecule has 1 unspecified atom stereocenters. The summed E-state index contributed by atoms with van der Waals surface area (Å²) in [7, 11) is 0. The fourth-order valence-electron chi connectivity index (χ4n) is 2.50. The maximum atomic E-state index is 13.1. The molecule has 28 heavy (non-hydrogen) atoms. The van der Waals surface area contributed by atoms with Crippen molar-refractivity contribution in [3.05, 3.63) is 59.4 Å². The summed E-state index contributed by atoms with van der Waals surface area (Å²) in [5.74, 6) is -0.741. The van der Waals surface area contributed by atoms with Gasteiger partial charge >= 0.3 is 6.18 Å². The van der Waals surface area contributed by atoms with Crippen LogP contribution in [0.5, 0.6) is 0 Å². The summed E-state index contributed by atoms with van der Waals surface area (Å²) in [5.41, 5.74) is -1.74. The average Bonchev–Trinajstić information content (AvgIpc) is 3.11. The Bertz CT molecular complexity index is 917. The fraction of sp³-hybridized carbons (Fsp3) is 0.176. The molecule has 1 atom stereocenters. The van der Waals surface area contributed by atoms with E-state index in [1.54, 1.807) is 0 Å². The first-order valence-electron chi connectivity index (χ1n) is 7.81. The Kier molecular flexibility index (Phi) is 5.59. The van der Waals surface area contributed by atoms with E-state index in [1.807, 2.05) is 0 Å². The van der Waals surface area contributed by atoms with E-state index < -0.39 is 40.4 Å². The third-order valence-corrected chi connectivity index (χ3v) is 4.93. The lowest BCUT2D eigenvalue weighted by Gasteiger charge is -2.17. The Morgan fingerprint density at radius 3 is 2.46 bits per heavy atom. The number of benzene rings is 2. The molecule has 1 amide bonds. The number of carbonyl (C=O) groups is 1. The van der Waals surface area contributed by atoms with Crippen LogP contribution in [-0.2, 0) is 11.0 Å². The molecule has 0 fully saturated rings. The standard InChI is InChI=1S/C17H13F4N3O3S/c18-10-3-1-9(2-4-10)16-23-13(8-28-16)15(25)22-11-5-6-14(24(26)27)12(7-11)17(19,20)21/h1-7,13,26-27H,8H2,(H,22,25). The summed E-state index contributed by atoms with van der Waals surface area (Å²) in [5, 5.41) is 20.1. The normalized spacial score (nSPS) is 16.6. The number of nitrogens with one attached hydrogen (secondary N) is 1. The summed E-state index contributed by atoms with van der Waals surface area (Å²) in [6.45, 7) is 0. The molecule has 3 rings (SSSR count). The number of amides is 1. The first kappa shape index (κ1) is 20.1. The van der Waals surface area contributed by atoms with Crippen LogP contribution < -0.4 is 10.5 Å². The lowest BCUT2D eigenvalue weighted by molar-refractivity contribution is -0.138. The zero-order chi connectivity index (χ0) is 20.5. The highest BCUT2D eigenvalue weighted by Crippen LogP contribution is 2.37. The van der Waals surface area contributed by atoms with E-state index in [0.29, 0.717) is 16.7 Å². The monoisotopic (exact) mass is 415 g/mol. The molecule has 2 aromatic carbocycles. The van der Waals surface area contributed by atoms with Crippen molar-refractivity contribution in [1.29, 1.82) is 0 Å². The smallest absolute Gasteiger partial charge is 0.324 e. The molecule has 1 aliphatic heterocycles. The van der Waals surface area contributed by atoms with E-state index in [4.69, 9.17) is 10.4 Å². The third-order valence-electron chi connectivity index (χ3n) is 3.83. The van der Waals surface area contributed by atoms with Gasteiger partial charge in [0, 0.05) is 17.0 Å². The van der Waals surface area contributed by atoms with Crippen LogP contribution in [0.15, 0.2) is 47.5 Å². The lowest BCUT2D eigenvalue weighted by Crippen LogP contribution is -2.27. The number of alkyl halides is 3. The molecule has 0 saturated heterocycles. The molecule has 2 aromatic rings. The maximum absolute atomic E-state index is 13.1. The minimum Gasteiger partial charge on any atom is -0.324 e. The third kappa shape index (κ3) is 4.43. The van der Waals surface area contributed by atoms with Crippen molar-refractivity contribution in [3.63, 3.8) is 0 Å². The van der Waals surface area contributed by atoms with Gasteiger partial charge in [0.1, 0.15) is 17.5 Å².